The zero-order chi connectivity index (χ0) is 18.6. The van der Waals surface area contributed by atoms with Gasteiger partial charge in [-0.25, -0.2) is 4.98 Å². The molecule has 5 heteroatoms. The van der Waals surface area contributed by atoms with E-state index in [9.17, 15) is 4.79 Å². The van der Waals surface area contributed by atoms with Crippen LogP contribution in [-0.4, -0.2) is 51.9 Å². The Morgan fingerprint density at radius 3 is 2.74 bits per heavy atom. The highest BCUT2D eigenvalue weighted by Crippen LogP contribution is 2.22. The molecule has 27 heavy (non-hydrogen) atoms. The number of benzene rings is 1. The van der Waals surface area contributed by atoms with Crippen LogP contribution < -0.4 is 0 Å². The number of pyridine rings is 1. The van der Waals surface area contributed by atoms with Crippen LogP contribution in [0, 0.1) is 0 Å². The minimum Gasteiger partial charge on any atom is -0.346 e. The lowest BCUT2D eigenvalue weighted by Crippen LogP contribution is -2.46. The van der Waals surface area contributed by atoms with Gasteiger partial charge in [0.1, 0.15) is 5.65 Å². The molecule has 0 unspecified atom stereocenters. The number of aromatic nitrogens is 2. The molecule has 5 nitrogen and oxygen atoms in total. The number of nitrogens with one attached hydrogen (secondary N) is 1. The van der Waals surface area contributed by atoms with E-state index < -0.39 is 0 Å². The van der Waals surface area contributed by atoms with E-state index in [1.807, 2.05) is 36.5 Å². The number of rotatable bonds is 5. The molecule has 0 bridgehead atoms. The van der Waals surface area contributed by atoms with E-state index in [0.717, 1.165) is 42.5 Å². The maximum Gasteiger partial charge on any atom is 0.227 e. The summed E-state index contributed by atoms with van der Waals surface area (Å²) < 4.78 is 0. The zero-order valence-electron chi connectivity index (χ0n) is 15.8. The first kappa shape index (κ1) is 17.7. The number of carbonyl (C=O) groups is 1. The first-order valence-corrected chi connectivity index (χ1v) is 9.63. The van der Waals surface area contributed by atoms with Gasteiger partial charge in [-0.1, -0.05) is 30.3 Å². The van der Waals surface area contributed by atoms with Crippen LogP contribution in [0.25, 0.3) is 11.0 Å². The number of carbonyl (C=O) groups excluding carboxylic acids is 1. The fourth-order valence-electron chi connectivity index (χ4n) is 3.93. The van der Waals surface area contributed by atoms with E-state index in [1.165, 1.54) is 5.56 Å². The molecule has 1 N–H and O–H groups in total. The number of fused-ring (bicyclic) bond motifs is 1. The average Bonchev–Trinajstić information content (AvgIpc) is 3.11. The standard InChI is InChI=1S/C22H26N4O/c1-25-12-9-19(10-13-25)26(16-17-6-3-2-4-7-17)21(27)14-18-15-24-22-20(18)8-5-11-23-22/h2-8,11,15,19H,9-10,12-14,16H2,1H3,(H,23,24). The highest BCUT2D eigenvalue weighted by molar-refractivity contribution is 5.87. The fourth-order valence-corrected chi connectivity index (χ4v) is 3.93. The summed E-state index contributed by atoms with van der Waals surface area (Å²) in [6.45, 7) is 2.76. The second-order valence-electron chi connectivity index (χ2n) is 7.43. The van der Waals surface area contributed by atoms with E-state index in [1.54, 1.807) is 6.20 Å². The van der Waals surface area contributed by atoms with E-state index in [-0.39, 0.29) is 5.91 Å². The van der Waals surface area contributed by atoms with Crippen LogP contribution >= 0.6 is 0 Å². The van der Waals surface area contributed by atoms with Gasteiger partial charge in [-0.2, -0.15) is 0 Å². The van der Waals surface area contributed by atoms with Crippen LogP contribution in [0.2, 0.25) is 0 Å². The van der Waals surface area contributed by atoms with Gasteiger partial charge in [0.2, 0.25) is 5.91 Å². The minimum absolute atomic E-state index is 0.193. The first-order valence-electron chi connectivity index (χ1n) is 9.63. The summed E-state index contributed by atoms with van der Waals surface area (Å²) >= 11 is 0. The average molecular weight is 362 g/mol. The number of nitrogens with zero attached hydrogens (tertiary/aromatic N) is 3. The number of hydrogen-bond donors (Lipinski definition) is 1. The number of hydrogen-bond acceptors (Lipinski definition) is 3. The van der Waals surface area contributed by atoms with Crippen molar-refractivity contribution >= 4 is 16.9 Å². The van der Waals surface area contributed by atoms with Gasteiger partial charge in [-0.05, 0) is 56.2 Å². The Morgan fingerprint density at radius 2 is 1.96 bits per heavy atom. The Bertz CT molecular complexity index is 897. The van der Waals surface area contributed by atoms with Crippen molar-refractivity contribution in [1.29, 1.82) is 0 Å². The molecule has 0 saturated carbocycles. The maximum absolute atomic E-state index is 13.3. The van der Waals surface area contributed by atoms with E-state index in [0.29, 0.717) is 19.0 Å². The summed E-state index contributed by atoms with van der Waals surface area (Å²) in [4.78, 5) is 25.3. The van der Waals surface area contributed by atoms with E-state index in [2.05, 4.69) is 38.9 Å². The van der Waals surface area contributed by atoms with Crippen LogP contribution in [-0.2, 0) is 17.8 Å². The Morgan fingerprint density at radius 1 is 1.19 bits per heavy atom. The normalized spacial score (nSPS) is 15.9. The van der Waals surface area contributed by atoms with Gasteiger partial charge < -0.3 is 14.8 Å². The zero-order valence-corrected chi connectivity index (χ0v) is 15.8. The highest BCUT2D eigenvalue weighted by Gasteiger charge is 2.27. The molecule has 4 rings (SSSR count). The molecule has 0 aliphatic carbocycles. The van der Waals surface area contributed by atoms with Crippen molar-refractivity contribution in [2.45, 2.75) is 31.8 Å². The van der Waals surface area contributed by atoms with Gasteiger partial charge in [-0.3, -0.25) is 4.79 Å². The third-order valence-electron chi connectivity index (χ3n) is 5.52. The Hall–Kier alpha value is -2.66. The number of likely N-dealkylation sites (tertiary alicyclic amines) is 1. The topological polar surface area (TPSA) is 52.2 Å². The van der Waals surface area contributed by atoms with Gasteiger partial charge in [0.15, 0.2) is 0 Å². The number of H-pyrrole nitrogens is 1. The third-order valence-corrected chi connectivity index (χ3v) is 5.52. The molecule has 0 radical (unpaired) electrons. The van der Waals surface area contributed by atoms with Crippen LogP contribution in [0.3, 0.4) is 0 Å². The van der Waals surface area contributed by atoms with Gasteiger partial charge in [0.05, 0.1) is 6.42 Å². The summed E-state index contributed by atoms with van der Waals surface area (Å²) in [6.07, 6.45) is 6.16. The van der Waals surface area contributed by atoms with Crippen LogP contribution in [0.5, 0.6) is 0 Å². The Balaban J connectivity index is 1.56. The second kappa shape index (κ2) is 7.92. The third kappa shape index (κ3) is 4.03. The summed E-state index contributed by atoms with van der Waals surface area (Å²) in [5.41, 5.74) is 3.05. The number of aromatic amines is 1. The van der Waals surface area contributed by atoms with E-state index in [4.69, 9.17) is 0 Å². The Kier molecular flexibility index (Phi) is 5.21. The van der Waals surface area contributed by atoms with E-state index >= 15 is 0 Å². The molecule has 3 heterocycles. The molecule has 3 aromatic rings. The molecule has 2 aromatic heterocycles. The maximum atomic E-state index is 13.3. The molecule has 0 spiro atoms. The number of piperidine rings is 1. The molecule has 1 fully saturated rings. The predicted molar refractivity (Wildman–Crippen MR) is 107 cm³/mol. The van der Waals surface area contributed by atoms with Crippen LogP contribution in [0.15, 0.2) is 54.9 Å². The summed E-state index contributed by atoms with van der Waals surface area (Å²) in [6, 6.07) is 14.6. The van der Waals surface area contributed by atoms with Crippen molar-refractivity contribution in [3.05, 3.63) is 66.0 Å². The van der Waals surface area contributed by atoms with Crippen molar-refractivity contribution in [3.8, 4) is 0 Å². The molecule has 1 amide bonds. The minimum atomic E-state index is 0.193. The monoisotopic (exact) mass is 362 g/mol. The van der Waals surface area contributed by atoms with Gasteiger partial charge in [-0.15, -0.1) is 0 Å². The molecular formula is C22H26N4O. The quantitative estimate of drug-likeness (QED) is 0.758. The van der Waals surface area contributed by atoms with Crippen molar-refractivity contribution in [2.75, 3.05) is 20.1 Å². The van der Waals surface area contributed by atoms with Gasteiger partial charge in [0.25, 0.3) is 0 Å². The molecule has 0 atom stereocenters. The van der Waals surface area contributed by atoms with Crippen molar-refractivity contribution in [3.63, 3.8) is 0 Å². The van der Waals surface area contributed by atoms with Crippen molar-refractivity contribution < 1.29 is 4.79 Å². The number of amides is 1. The lowest BCUT2D eigenvalue weighted by molar-refractivity contribution is -0.134. The van der Waals surface area contributed by atoms with Crippen LogP contribution in [0.1, 0.15) is 24.0 Å². The molecule has 1 aliphatic heterocycles. The first-order chi connectivity index (χ1) is 13.2. The summed E-state index contributed by atoms with van der Waals surface area (Å²) in [5, 5.41) is 1.04. The molecule has 1 aliphatic rings. The second-order valence-corrected chi connectivity index (χ2v) is 7.43. The van der Waals surface area contributed by atoms with Crippen molar-refractivity contribution in [2.24, 2.45) is 0 Å². The fraction of sp³-hybridized carbons (Fsp3) is 0.364. The molecule has 140 valence electrons. The largest absolute Gasteiger partial charge is 0.346 e. The van der Waals surface area contributed by atoms with Crippen molar-refractivity contribution in [1.82, 2.24) is 19.8 Å². The molecule has 1 aromatic carbocycles. The molecule has 1 saturated heterocycles. The molecular weight excluding hydrogens is 336 g/mol. The highest BCUT2D eigenvalue weighted by atomic mass is 16.2. The summed E-state index contributed by atoms with van der Waals surface area (Å²) in [7, 11) is 2.15. The Labute approximate surface area is 160 Å². The lowest BCUT2D eigenvalue weighted by Gasteiger charge is -2.37. The predicted octanol–water partition coefficient (Wildman–Crippen LogP) is 3.23. The van der Waals surface area contributed by atoms with Gasteiger partial charge >= 0.3 is 0 Å². The van der Waals surface area contributed by atoms with Crippen LogP contribution in [0.4, 0.5) is 0 Å². The summed E-state index contributed by atoms with van der Waals surface area (Å²) in [5.74, 6) is 0.193. The van der Waals surface area contributed by atoms with Gasteiger partial charge in [0, 0.05) is 30.4 Å². The smallest absolute Gasteiger partial charge is 0.227 e. The lowest BCUT2D eigenvalue weighted by atomic mass is 10.0. The SMILES string of the molecule is CN1CCC(N(Cc2ccccc2)C(=O)Cc2c[nH]c3ncccc23)CC1.